The number of piperidine rings is 1. The van der Waals surface area contributed by atoms with Crippen molar-refractivity contribution in [2.24, 2.45) is 5.41 Å². The van der Waals surface area contributed by atoms with E-state index in [1.54, 1.807) is 0 Å². The predicted octanol–water partition coefficient (Wildman–Crippen LogP) is 2.02. The summed E-state index contributed by atoms with van der Waals surface area (Å²) in [5.74, 6) is -0.157. The Bertz CT molecular complexity index is 622. The molecule has 142 valence electrons. The van der Waals surface area contributed by atoms with Gasteiger partial charge in [0.2, 0.25) is 0 Å². The maximum Gasteiger partial charge on any atom is 0.312 e. The zero-order valence-corrected chi connectivity index (χ0v) is 15.3. The molecule has 0 saturated carbocycles. The molecule has 26 heavy (non-hydrogen) atoms. The first-order valence-corrected chi connectivity index (χ1v) is 9.79. The first-order valence-electron chi connectivity index (χ1n) is 9.79. The quantitative estimate of drug-likeness (QED) is 0.832. The number of hydrogen-bond acceptors (Lipinski definition) is 5. The minimum atomic E-state index is -0.211. The highest BCUT2D eigenvalue weighted by atomic mass is 19.1. The van der Waals surface area contributed by atoms with E-state index < -0.39 is 0 Å². The summed E-state index contributed by atoms with van der Waals surface area (Å²) in [5.41, 5.74) is 0.876. The number of hydrogen-bond donors (Lipinski definition) is 1. The van der Waals surface area contributed by atoms with Crippen molar-refractivity contribution in [2.75, 3.05) is 50.7 Å². The molecule has 1 spiro atoms. The van der Waals surface area contributed by atoms with Gasteiger partial charge in [-0.1, -0.05) is 0 Å². The summed E-state index contributed by atoms with van der Waals surface area (Å²) in [6.45, 7) is 6.71. The highest BCUT2D eigenvalue weighted by Gasteiger charge is 2.49. The SMILES string of the molecule is O=C1O[C@@H](CCN2CCN(c3ccc(F)cc3)CC2)CC12CCNCC2. The third-order valence-electron chi connectivity index (χ3n) is 6.22. The van der Waals surface area contributed by atoms with Gasteiger partial charge < -0.3 is 15.0 Å². The Morgan fingerprint density at radius 3 is 2.50 bits per heavy atom. The molecule has 5 nitrogen and oxygen atoms in total. The maximum absolute atomic E-state index is 13.1. The van der Waals surface area contributed by atoms with Crippen LogP contribution in [0.5, 0.6) is 0 Å². The second-order valence-corrected chi connectivity index (χ2v) is 7.86. The van der Waals surface area contributed by atoms with Crippen molar-refractivity contribution >= 4 is 11.7 Å². The summed E-state index contributed by atoms with van der Waals surface area (Å²) in [5, 5.41) is 3.33. The van der Waals surface area contributed by atoms with E-state index in [-0.39, 0.29) is 23.3 Å². The zero-order valence-electron chi connectivity index (χ0n) is 15.3. The third-order valence-corrected chi connectivity index (χ3v) is 6.22. The van der Waals surface area contributed by atoms with E-state index in [0.29, 0.717) is 0 Å². The number of nitrogens with zero attached hydrogens (tertiary/aromatic N) is 2. The number of ether oxygens (including phenoxy) is 1. The number of esters is 1. The molecule has 1 aromatic carbocycles. The van der Waals surface area contributed by atoms with Crippen LogP contribution in [0.25, 0.3) is 0 Å². The number of rotatable bonds is 4. The van der Waals surface area contributed by atoms with Gasteiger partial charge in [0.05, 0.1) is 5.41 Å². The lowest BCUT2D eigenvalue weighted by Gasteiger charge is -2.36. The third kappa shape index (κ3) is 3.71. The molecule has 3 fully saturated rings. The molecule has 0 unspecified atom stereocenters. The number of halogens is 1. The molecule has 1 atom stereocenters. The van der Waals surface area contributed by atoms with Gasteiger partial charge in [-0.3, -0.25) is 9.69 Å². The predicted molar refractivity (Wildman–Crippen MR) is 98.7 cm³/mol. The van der Waals surface area contributed by atoms with Gasteiger partial charge in [-0.15, -0.1) is 0 Å². The molecule has 0 amide bonds. The molecule has 0 radical (unpaired) electrons. The van der Waals surface area contributed by atoms with Crippen LogP contribution in [0.3, 0.4) is 0 Å². The molecule has 3 aliphatic rings. The van der Waals surface area contributed by atoms with Crippen molar-refractivity contribution in [3.63, 3.8) is 0 Å². The molecule has 0 bridgehead atoms. The van der Waals surface area contributed by atoms with Crippen molar-refractivity contribution in [1.29, 1.82) is 0 Å². The van der Waals surface area contributed by atoms with Crippen molar-refractivity contribution in [3.8, 4) is 0 Å². The van der Waals surface area contributed by atoms with Gasteiger partial charge in [0.25, 0.3) is 0 Å². The van der Waals surface area contributed by atoms with E-state index in [9.17, 15) is 9.18 Å². The molecule has 1 aromatic rings. The van der Waals surface area contributed by atoms with Crippen molar-refractivity contribution < 1.29 is 13.9 Å². The minimum Gasteiger partial charge on any atom is -0.462 e. The Morgan fingerprint density at radius 2 is 1.81 bits per heavy atom. The average Bonchev–Trinajstić information content (AvgIpc) is 2.97. The van der Waals surface area contributed by atoms with Crippen molar-refractivity contribution in [3.05, 3.63) is 30.1 Å². The first-order chi connectivity index (χ1) is 12.6. The Labute approximate surface area is 154 Å². The van der Waals surface area contributed by atoms with Gasteiger partial charge >= 0.3 is 5.97 Å². The molecule has 3 aliphatic heterocycles. The summed E-state index contributed by atoms with van der Waals surface area (Å²) in [6, 6.07) is 6.74. The van der Waals surface area contributed by atoms with Crippen LogP contribution >= 0.6 is 0 Å². The normalized spacial score (nSPS) is 26.3. The van der Waals surface area contributed by atoms with Gasteiger partial charge in [0, 0.05) is 44.8 Å². The highest BCUT2D eigenvalue weighted by molar-refractivity contribution is 5.79. The Morgan fingerprint density at radius 1 is 1.12 bits per heavy atom. The van der Waals surface area contributed by atoms with E-state index in [1.165, 1.54) is 12.1 Å². The molecule has 4 rings (SSSR count). The molecule has 3 heterocycles. The van der Waals surface area contributed by atoms with E-state index in [4.69, 9.17) is 4.74 Å². The average molecular weight is 361 g/mol. The van der Waals surface area contributed by atoms with Crippen LogP contribution in [-0.4, -0.2) is 62.8 Å². The zero-order chi connectivity index (χ0) is 18.0. The number of carbonyl (C=O) groups excluding carboxylic acids is 1. The molecular weight excluding hydrogens is 333 g/mol. The van der Waals surface area contributed by atoms with Gasteiger partial charge in [-0.25, -0.2) is 4.39 Å². The van der Waals surface area contributed by atoms with E-state index >= 15 is 0 Å². The van der Waals surface area contributed by atoms with Crippen LogP contribution in [0.15, 0.2) is 24.3 Å². The molecule has 0 aliphatic carbocycles. The summed E-state index contributed by atoms with van der Waals surface area (Å²) in [6.07, 6.45) is 3.73. The van der Waals surface area contributed by atoms with Crippen LogP contribution in [0, 0.1) is 11.2 Å². The highest BCUT2D eigenvalue weighted by Crippen LogP contribution is 2.42. The smallest absolute Gasteiger partial charge is 0.312 e. The molecule has 6 heteroatoms. The minimum absolute atomic E-state index is 0.0325. The maximum atomic E-state index is 13.1. The Balaban J connectivity index is 1.23. The fourth-order valence-electron chi connectivity index (χ4n) is 4.52. The lowest BCUT2D eigenvalue weighted by Crippen LogP contribution is -2.47. The van der Waals surface area contributed by atoms with Crippen LogP contribution in [-0.2, 0) is 9.53 Å². The van der Waals surface area contributed by atoms with Crippen LogP contribution in [0.1, 0.15) is 25.7 Å². The van der Waals surface area contributed by atoms with Crippen LogP contribution in [0.4, 0.5) is 10.1 Å². The van der Waals surface area contributed by atoms with Crippen molar-refractivity contribution in [1.82, 2.24) is 10.2 Å². The molecule has 0 aromatic heterocycles. The van der Waals surface area contributed by atoms with E-state index in [1.807, 2.05) is 12.1 Å². The molecular formula is C20H28FN3O2. The lowest BCUT2D eigenvalue weighted by atomic mass is 9.76. The monoisotopic (exact) mass is 361 g/mol. The van der Waals surface area contributed by atoms with E-state index in [2.05, 4.69) is 15.1 Å². The fraction of sp³-hybridized carbons (Fsp3) is 0.650. The molecule has 1 N–H and O–H groups in total. The summed E-state index contributed by atoms with van der Waals surface area (Å²) < 4.78 is 18.8. The molecule has 3 saturated heterocycles. The van der Waals surface area contributed by atoms with E-state index in [0.717, 1.165) is 77.2 Å². The van der Waals surface area contributed by atoms with Crippen molar-refractivity contribution in [2.45, 2.75) is 31.8 Å². The standard InChI is InChI=1S/C20H28FN3O2/c21-16-1-3-17(4-2-16)24-13-11-23(12-14-24)10-5-18-15-20(19(25)26-18)6-8-22-9-7-20/h1-4,18,22H,5-15H2/t18-/m0/s1. The number of anilines is 1. The van der Waals surface area contributed by atoms with Gasteiger partial charge in [-0.2, -0.15) is 0 Å². The number of nitrogens with one attached hydrogen (secondary N) is 1. The number of carbonyl (C=O) groups is 1. The van der Waals surface area contributed by atoms with Gasteiger partial charge in [0.15, 0.2) is 0 Å². The van der Waals surface area contributed by atoms with Gasteiger partial charge in [-0.05, 0) is 56.6 Å². The first kappa shape index (κ1) is 17.7. The van der Waals surface area contributed by atoms with Crippen LogP contribution < -0.4 is 10.2 Å². The fourth-order valence-corrected chi connectivity index (χ4v) is 4.52. The Kier molecular flexibility index (Phi) is 5.14. The largest absolute Gasteiger partial charge is 0.462 e. The summed E-state index contributed by atoms with van der Waals surface area (Å²) in [4.78, 5) is 17.1. The second-order valence-electron chi connectivity index (χ2n) is 7.86. The summed E-state index contributed by atoms with van der Waals surface area (Å²) >= 11 is 0. The van der Waals surface area contributed by atoms with Gasteiger partial charge in [0.1, 0.15) is 11.9 Å². The Hall–Kier alpha value is -1.66. The topological polar surface area (TPSA) is 44.8 Å². The number of piperazine rings is 1. The number of cyclic esters (lactones) is 1. The summed E-state index contributed by atoms with van der Waals surface area (Å²) in [7, 11) is 0. The lowest BCUT2D eigenvalue weighted by molar-refractivity contribution is -0.150. The number of benzene rings is 1. The second kappa shape index (κ2) is 7.53. The van der Waals surface area contributed by atoms with Crippen LogP contribution in [0.2, 0.25) is 0 Å².